The van der Waals surface area contributed by atoms with Crippen LogP contribution in [0, 0.1) is 6.92 Å². The zero-order chi connectivity index (χ0) is 18.4. The largest absolute Gasteiger partial charge is 0.349 e. The van der Waals surface area contributed by atoms with Gasteiger partial charge < -0.3 is 5.32 Å². The molecule has 25 heavy (non-hydrogen) atoms. The van der Waals surface area contributed by atoms with Gasteiger partial charge in [0.05, 0.1) is 16.7 Å². The predicted octanol–water partition coefficient (Wildman–Crippen LogP) is 2.75. The van der Waals surface area contributed by atoms with Crippen molar-refractivity contribution in [2.24, 2.45) is 5.14 Å². The normalized spacial score (nSPS) is 12.6. The highest BCUT2D eigenvalue weighted by Crippen LogP contribution is 2.18. The van der Waals surface area contributed by atoms with Gasteiger partial charge in [-0.25, -0.2) is 13.6 Å². The number of thioether (sulfide) groups is 1. The van der Waals surface area contributed by atoms with Gasteiger partial charge in [-0.05, 0) is 37.1 Å². The molecule has 0 aliphatic heterocycles. The van der Waals surface area contributed by atoms with Gasteiger partial charge in [-0.1, -0.05) is 42.0 Å². The van der Waals surface area contributed by atoms with Crippen molar-refractivity contribution in [3.63, 3.8) is 0 Å². The maximum Gasteiger partial charge on any atom is 0.238 e. The second-order valence-corrected chi connectivity index (χ2v) is 8.44. The van der Waals surface area contributed by atoms with Crippen LogP contribution in [0.1, 0.15) is 29.7 Å². The fraction of sp³-hybridized carbons (Fsp3) is 0.278. The number of hydrogen-bond acceptors (Lipinski definition) is 4. The molecule has 134 valence electrons. The van der Waals surface area contributed by atoms with Gasteiger partial charge in [0.2, 0.25) is 15.9 Å². The van der Waals surface area contributed by atoms with Gasteiger partial charge in [-0.3, -0.25) is 4.79 Å². The summed E-state index contributed by atoms with van der Waals surface area (Å²) < 4.78 is 22.8. The van der Waals surface area contributed by atoms with E-state index in [1.54, 1.807) is 12.1 Å². The minimum absolute atomic E-state index is 0.0416. The number of hydrogen-bond donors (Lipinski definition) is 2. The molecule has 0 fully saturated rings. The maximum atomic E-state index is 12.1. The zero-order valence-corrected chi connectivity index (χ0v) is 15.9. The van der Waals surface area contributed by atoms with Gasteiger partial charge in [0.25, 0.3) is 0 Å². The number of primary sulfonamides is 1. The molecule has 3 N–H and O–H groups in total. The van der Waals surface area contributed by atoms with Gasteiger partial charge in [-0.15, -0.1) is 11.8 Å². The Morgan fingerprint density at radius 1 is 1.20 bits per heavy atom. The van der Waals surface area contributed by atoms with Crippen molar-refractivity contribution in [2.75, 3.05) is 5.75 Å². The minimum atomic E-state index is -3.75. The molecule has 0 saturated carbocycles. The highest BCUT2D eigenvalue weighted by Gasteiger charge is 2.13. The number of aryl methyl sites for hydroxylation is 1. The molecule has 2 rings (SSSR count). The van der Waals surface area contributed by atoms with Crippen LogP contribution in [0.25, 0.3) is 0 Å². The topological polar surface area (TPSA) is 89.3 Å². The van der Waals surface area contributed by atoms with Crippen LogP contribution in [0.3, 0.4) is 0 Å². The van der Waals surface area contributed by atoms with Gasteiger partial charge in [0.1, 0.15) is 0 Å². The summed E-state index contributed by atoms with van der Waals surface area (Å²) in [4.78, 5) is 12.1. The van der Waals surface area contributed by atoms with Crippen molar-refractivity contribution < 1.29 is 13.2 Å². The third-order valence-electron chi connectivity index (χ3n) is 3.65. The number of carbonyl (C=O) groups excluding carboxylic acids is 1. The van der Waals surface area contributed by atoms with Gasteiger partial charge >= 0.3 is 0 Å². The zero-order valence-electron chi connectivity index (χ0n) is 14.2. The standard InChI is InChI=1S/C18H22N2O3S2/c1-13-5-3-6-15(9-13)11-24-12-18(21)20-14(2)16-7-4-8-17(10-16)25(19,22)23/h3-10,14H,11-12H2,1-2H3,(H,20,21)(H2,19,22,23). The lowest BCUT2D eigenvalue weighted by Crippen LogP contribution is -2.28. The van der Waals surface area contributed by atoms with Crippen LogP contribution < -0.4 is 10.5 Å². The Morgan fingerprint density at radius 3 is 2.60 bits per heavy atom. The number of sulfonamides is 1. The number of carbonyl (C=O) groups is 1. The first-order valence-corrected chi connectivity index (χ1v) is 10.5. The van der Waals surface area contributed by atoms with Crippen LogP contribution >= 0.6 is 11.8 Å². The number of nitrogens with two attached hydrogens (primary N) is 1. The summed E-state index contributed by atoms with van der Waals surface area (Å²) in [5.74, 6) is 1.02. The highest BCUT2D eigenvalue weighted by atomic mass is 32.2. The lowest BCUT2D eigenvalue weighted by atomic mass is 10.1. The molecule has 1 unspecified atom stereocenters. The van der Waals surface area contributed by atoms with Crippen molar-refractivity contribution in [3.8, 4) is 0 Å². The second-order valence-electron chi connectivity index (χ2n) is 5.89. The van der Waals surface area contributed by atoms with Gasteiger partial charge in [0, 0.05) is 5.75 Å². The Bertz CT molecular complexity index is 851. The third-order valence-corrected chi connectivity index (χ3v) is 5.56. The molecule has 0 aliphatic carbocycles. The maximum absolute atomic E-state index is 12.1. The van der Waals surface area contributed by atoms with E-state index in [0.717, 1.165) is 5.75 Å². The lowest BCUT2D eigenvalue weighted by molar-refractivity contribution is -0.119. The molecular formula is C18H22N2O3S2. The summed E-state index contributed by atoms with van der Waals surface area (Å²) in [7, 11) is -3.75. The van der Waals surface area contributed by atoms with Crippen LogP contribution in [-0.4, -0.2) is 20.1 Å². The summed E-state index contributed by atoms with van der Waals surface area (Å²) in [6, 6.07) is 14.2. The third kappa shape index (κ3) is 6.19. The predicted molar refractivity (Wildman–Crippen MR) is 102 cm³/mol. The fourth-order valence-corrected chi connectivity index (χ4v) is 3.75. The molecule has 2 aromatic rings. The van der Waals surface area contributed by atoms with E-state index in [1.807, 2.05) is 32.0 Å². The molecule has 0 heterocycles. The molecular weight excluding hydrogens is 356 g/mol. The van der Waals surface area contributed by atoms with E-state index in [1.165, 1.54) is 35.0 Å². The monoisotopic (exact) mass is 378 g/mol. The average Bonchev–Trinajstić information content (AvgIpc) is 2.54. The van der Waals surface area contributed by atoms with Crippen molar-refractivity contribution >= 4 is 27.7 Å². The molecule has 1 atom stereocenters. The molecule has 1 amide bonds. The van der Waals surface area contributed by atoms with Gasteiger partial charge in [-0.2, -0.15) is 0 Å². The first-order chi connectivity index (χ1) is 11.8. The first kappa shape index (κ1) is 19.5. The van der Waals surface area contributed by atoms with E-state index in [-0.39, 0.29) is 16.8 Å². The van der Waals surface area contributed by atoms with Crippen LogP contribution in [0.2, 0.25) is 0 Å². The first-order valence-electron chi connectivity index (χ1n) is 7.81. The Kier molecular flexibility index (Phi) is 6.64. The van der Waals surface area contributed by atoms with Crippen LogP contribution in [0.4, 0.5) is 0 Å². The number of benzene rings is 2. The average molecular weight is 379 g/mol. The van der Waals surface area contributed by atoms with Crippen molar-refractivity contribution in [3.05, 3.63) is 65.2 Å². The molecule has 0 spiro atoms. The number of nitrogens with one attached hydrogen (secondary N) is 1. The molecule has 7 heteroatoms. The second kappa shape index (κ2) is 8.51. The van der Waals surface area contributed by atoms with Crippen molar-refractivity contribution in [2.45, 2.75) is 30.5 Å². The highest BCUT2D eigenvalue weighted by molar-refractivity contribution is 7.99. The number of rotatable bonds is 7. The fourth-order valence-electron chi connectivity index (χ4n) is 2.39. The van der Waals surface area contributed by atoms with Crippen LogP contribution in [0.15, 0.2) is 53.4 Å². The van der Waals surface area contributed by atoms with E-state index < -0.39 is 10.0 Å². The molecule has 2 aromatic carbocycles. The Balaban J connectivity index is 1.88. The summed E-state index contributed by atoms with van der Waals surface area (Å²) in [6.45, 7) is 3.85. The molecule has 5 nitrogen and oxygen atoms in total. The van der Waals surface area contributed by atoms with E-state index in [9.17, 15) is 13.2 Å². The summed E-state index contributed by atoms with van der Waals surface area (Å²) in [6.07, 6.45) is 0. The quantitative estimate of drug-likeness (QED) is 0.775. The van der Waals surface area contributed by atoms with E-state index in [4.69, 9.17) is 5.14 Å². The SMILES string of the molecule is Cc1cccc(CSCC(=O)NC(C)c2cccc(S(N)(=O)=O)c2)c1. The van der Waals surface area contributed by atoms with E-state index in [0.29, 0.717) is 11.3 Å². The van der Waals surface area contributed by atoms with Crippen molar-refractivity contribution in [1.82, 2.24) is 5.32 Å². The van der Waals surface area contributed by atoms with Gasteiger partial charge in [0.15, 0.2) is 0 Å². The summed E-state index contributed by atoms with van der Waals surface area (Å²) >= 11 is 1.54. The van der Waals surface area contributed by atoms with E-state index in [2.05, 4.69) is 11.4 Å². The smallest absolute Gasteiger partial charge is 0.238 e. The van der Waals surface area contributed by atoms with Crippen molar-refractivity contribution in [1.29, 1.82) is 0 Å². The Hall–Kier alpha value is -1.83. The minimum Gasteiger partial charge on any atom is -0.349 e. The lowest BCUT2D eigenvalue weighted by Gasteiger charge is -2.15. The van der Waals surface area contributed by atoms with Crippen LogP contribution in [0.5, 0.6) is 0 Å². The molecule has 0 aliphatic rings. The molecule has 0 bridgehead atoms. The molecule has 0 saturated heterocycles. The molecule has 0 radical (unpaired) electrons. The summed E-state index contributed by atoms with van der Waals surface area (Å²) in [5, 5.41) is 8.02. The Labute approximate surface area is 153 Å². The van der Waals surface area contributed by atoms with Crippen LogP contribution in [-0.2, 0) is 20.6 Å². The Morgan fingerprint density at radius 2 is 1.92 bits per heavy atom. The molecule has 0 aromatic heterocycles. The number of amides is 1. The summed E-state index contributed by atoms with van der Waals surface area (Å²) in [5.41, 5.74) is 3.08. The van der Waals surface area contributed by atoms with E-state index >= 15 is 0 Å².